The molecule has 2 atom stereocenters. The Labute approximate surface area is 153 Å². The van der Waals surface area contributed by atoms with Crippen LogP contribution in [0.4, 0.5) is 0 Å². The van der Waals surface area contributed by atoms with Crippen molar-refractivity contribution in [1.29, 1.82) is 0 Å². The Balaban J connectivity index is 2.12. The molecule has 0 aliphatic rings. The van der Waals surface area contributed by atoms with Crippen LogP contribution in [0.25, 0.3) is 16.6 Å². The number of amides is 1. The van der Waals surface area contributed by atoms with Crippen molar-refractivity contribution in [2.45, 2.75) is 43.8 Å². The average molecular weight is 370 g/mol. The lowest BCUT2D eigenvalue weighted by Crippen LogP contribution is -2.19. The second-order valence-electron chi connectivity index (χ2n) is 6.28. The number of carbonyl (C=O) groups is 1. The maximum absolute atomic E-state index is 13.6. The molecule has 0 aliphatic carbocycles. The Morgan fingerprint density at radius 3 is 2.81 bits per heavy atom. The molecule has 7 heteroatoms. The number of benzene rings is 1. The van der Waals surface area contributed by atoms with Crippen LogP contribution in [-0.4, -0.2) is 30.1 Å². The summed E-state index contributed by atoms with van der Waals surface area (Å²) in [6, 6.07) is 9.18. The molecular weight excluding hydrogens is 348 g/mol. The zero-order valence-corrected chi connectivity index (χ0v) is 15.9. The molecule has 6 nitrogen and oxygen atoms in total. The van der Waals surface area contributed by atoms with Gasteiger partial charge in [-0.15, -0.1) is 0 Å². The lowest BCUT2D eigenvalue weighted by molar-refractivity contribution is -0.115. The van der Waals surface area contributed by atoms with E-state index >= 15 is 0 Å². The summed E-state index contributed by atoms with van der Waals surface area (Å²) < 4.78 is 19.3. The van der Waals surface area contributed by atoms with E-state index in [0.29, 0.717) is 4.90 Å². The second kappa shape index (κ2) is 7.37. The molecule has 2 heterocycles. The minimum atomic E-state index is -2.83. The number of pyridine rings is 1. The molecule has 2 aromatic heterocycles. The van der Waals surface area contributed by atoms with E-state index in [1.165, 1.54) is 6.92 Å². The van der Waals surface area contributed by atoms with Crippen LogP contribution in [0.3, 0.4) is 0 Å². The molecule has 0 radical (unpaired) electrons. The summed E-state index contributed by atoms with van der Waals surface area (Å²) in [4.78, 5) is 16.3. The molecule has 0 bridgehead atoms. The molecule has 0 spiro atoms. The van der Waals surface area contributed by atoms with Crippen molar-refractivity contribution in [3.63, 3.8) is 0 Å². The Hall–Kier alpha value is -2.54. The van der Waals surface area contributed by atoms with Crippen molar-refractivity contribution in [3.05, 3.63) is 48.9 Å². The van der Waals surface area contributed by atoms with Gasteiger partial charge in [-0.25, -0.2) is 8.89 Å². The van der Waals surface area contributed by atoms with E-state index in [1.54, 1.807) is 23.1 Å². The second-order valence-corrected chi connectivity index (χ2v) is 8.88. The van der Waals surface area contributed by atoms with Crippen molar-refractivity contribution >= 4 is 26.5 Å². The van der Waals surface area contributed by atoms with Crippen LogP contribution in [0.5, 0.6) is 0 Å². The van der Waals surface area contributed by atoms with Crippen molar-refractivity contribution < 1.29 is 9.00 Å². The Morgan fingerprint density at radius 2 is 2.15 bits per heavy atom. The summed E-state index contributed by atoms with van der Waals surface area (Å²) in [7, 11) is -2.83. The average Bonchev–Trinajstić information content (AvgIpc) is 3.05. The molecule has 0 aliphatic heterocycles. The third-order valence-corrected chi connectivity index (χ3v) is 7.01. The first kappa shape index (κ1) is 18.3. The van der Waals surface area contributed by atoms with E-state index in [9.17, 15) is 9.00 Å². The van der Waals surface area contributed by atoms with Crippen LogP contribution >= 0.6 is 0 Å². The number of aromatic nitrogens is 3. The normalized spacial score (nSPS) is 14.7. The molecule has 0 N–H and O–H groups in total. The number of hydrogen-bond acceptors (Lipinski definition) is 4. The first-order valence-corrected chi connectivity index (χ1v) is 10.2. The summed E-state index contributed by atoms with van der Waals surface area (Å²) in [5.41, 5.74) is 1.63. The molecular formula is C19H22N4O2S. The summed E-state index contributed by atoms with van der Waals surface area (Å²) in [5.74, 6) is -0.413. The lowest BCUT2D eigenvalue weighted by Gasteiger charge is -2.17. The van der Waals surface area contributed by atoms with Crippen LogP contribution in [0.2, 0.25) is 0 Å². The fourth-order valence-electron chi connectivity index (χ4n) is 2.94. The lowest BCUT2D eigenvalue weighted by atomic mass is 10.2. The van der Waals surface area contributed by atoms with Gasteiger partial charge in [0.2, 0.25) is 0 Å². The Morgan fingerprint density at radius 1 is 1.35 bits per heavy atom. The summed E-state index contributed by atoms with van der Waals surface area (Å²) in [6.07, 6.45) is 6.92. The largest absolute Gasteiger partial charge is 0.272 e. The van der Waals surface area contributed by atoms with Crippen molar-refractivity contribution in [2.75, 3.05) is 0 Å². The van der Waals surface area contributed by atoms with Crippen molar-refractivity contribution in [1.82, 2.24) is 14.8 Å². The monoisotopic (exact) mass is 370 g/mol. The summed E-state index contributed by atoms with van der Waals surface area (Å²) >= 11 is 0. The van der Waals surface area contributed by atoms with Crippen molar-refractivity contribution in [2.24, 2.45) is 4.36 Å². The van der Waals surface area contributed by atoms with Crippen LogP contribution in [0.15, 0.2) is 58.2 Å². The number of fused-ring (bicyclic) bond motifs is 1. The maximum Gasteiger partial charge on any atom is 0.250 e. The van der Waals surface area contributed by atoms with Crippen LogP contribution in [-0.2, 0) is 14.5 Å². The number of nitrogens with zero attached hydrogens (tertiary/aromatic N) is 4. The van der Waals surface area contributed by atoms with Gasteiger partial charge >= 0.3 is 0 Å². The fraction of sp³-hybridized carbons (Fsp3) is 0.316. The van der Waals surface area contributed by atoms with Gasteiger partial charge in [0.1, 0.15) is 0 Å². The molecule has 3 aromatic rings. The van der Waals surface area contributed by atoms with Gasteiger partial charge in [0.05, 0.1) is 27.1 Å². The SMILES string of the molecule is CCCC(C)S(=O)(=NC(C)=O)c1ccc2nn(-c3cccnc3)cc2c1. The number of rotatable bonds is 5. The Bertz CT molecular complexity index is 1050. The highest BCUT2D eigenvalue weighted by Gasteiger charge is 2.22. The smallest absolute Gasteiger partial charge is 0.250 e. The predicted molar refractivity (Wildman–Crippen MR) is 103 cm³/mol. The standard InChI is InChI=1S/C19H22N4O2S/c1-4-6-14(2)26(25,22-15(3)24)18-8-9-19-16(11-18)13-23(21-19)17-7-5-10-20-12-17/h5,7-14H,4,6H2,1-3H3. The van der Waals surface area contributed by atoms with Gasteiger partial charge < -0.3 is 0 Å². The van der Waals surface area contributed by atoms with E-state index in [0.717, 1.165) is 29.4 Å². The van der Waals surface area contributed by atoms with E-state index in [4.69, 9.17) is 0 Å². The zero-order chi connectivity index (χ0) is 18.7. The minimum Gasteiger partial charge on any atom is -0.272 e. The molecule has 0 fully saturated rings. The van der Waals surface area contributed by atoms with Gasteiger partial charge in [-0.3, -0.25) is 9.78 Å². The highest BCUT2D eigenvalue weighted by molar-refractivity contribution is 7.94. The molecule has 0 saturated heterocycles. The minimum absolute atomic E-state index is 0.206. The van der Waals surface area contributed by atoms with Gasteiger partial charge in [0.25, 0.3) is 5.91 Å². The third kappa shape index (κ3) is 3.53. The molecule has 136 valence electrons. The highest BCUT2D eigenvalue weighted by atomic mass is 32.2. The molecule has 0 saturated carbocycles. The third-order valence-electron chi connectivity index (χ3n) is 4.23. The first-order chi connectivity index (χ1) is 12.4. The number of hydrogen-bond donors (Lipinski definition) is 0. The molecule has 26 heavy (non-hydrogen) atoms. The van der Waals surface area contributed by atoms with Crippen LogP contribution in [0.1, 0.15) is 33.6 Å². The molecule has 1 amide bonds. The van der Waals surface area contributed by atoms with E-state index in [-0.39, 0.29) is 5.25 Å². The van der Waals surface area contributed by atoms with Crippen LogP contribution < -0.4 is 0 Å². The van der Waals surface area contributed by atoms with E-state index < -0.39 is 15.6 Å². The quantitative estimate of drug-likeness (QED) is 0.680. The maximum atomic E-state index is 13.6. The fourth-order valence-corrected chi connectivity index (χ4v) is 5.19. The van der Waals surface area contributed by atoms with E-state index in [1.807, 2.05) is 44.3 Å². The van der Waals surface area contributed by atoms with Gasteiger partial charge in [-0.1, -0.05) is 13.3 Å². The van der Waals surface area contributed by atoms with Gasteiger partial charge in [-0.05, 0) is 43.7 Å². The van der Waals surface area contributed by atoms with Gasteiger partial charge in [0.15, 0.2) is 0 Å². The van der Waals surface area contributed by atoms with Crippen molar-refractivity contribution in [3.8, 4) is 5.69 Å². The summed E-state index contributed by atoms with van der Waals surface area (Å²) in [5, 5.41) is 5.18. The predicted octanol–water partition coefficient (Wildman–Crippen LogP) is 3.98. The highest BCUT2D eigenvalue weighted by Crippen LogP contribution is 2.26. The van der Waals surface area contributed by atoms with Gasteiger partial charge in [-0.2, -0.15) is 9.46 Å². The topological polar surface area (TPSA) is 77.2 Å². The molecule has 1 aromatic carbocycles. The van der Waals surface area contributed by atoms with Crippen LogP contribution in [0, 0.1) is 0 Å². The summed E-state index contributed by atoms with van der Waals surface area (Å²) in [6.45, 7) is 5.27. The zero-order valence-electron chi connectivity index (χ0n) is 15.1. The number of carbonyl (C=O) groups excluding carboxylic acids is 1. The van der Waals surface area contributed by atoms with Gasteiger partial charge in [0, 0.05) is 34.8 Å². The first-order valence-electron chi connectivity index (χ1n) is 8.60. The Kier molecular flexibility index (Phi) is 5.18. The van der Waals surface area contributed by atoms with E-state index in [2.05, 4.69) is 14.4 Å². The molecule has 2 unspecified atom stereocenters. The molecule has 3 rings (SSSR count).